The van der Waals surface area contributed by atoms with E-state index >= 15 is 0 Å². The quantitative estimate of drug-likeness (QED) is 0.617. The summed E-state index contributed by atoms with van der Waals surface area (Å²) in [7, 11) is 3.43. The summed E-state index contributed by atoms with van der Waals surface area (Å²) < 4.78 is 0. The van der Waals surface area contributed by atoms with Gasteiger partial charge in [0.1, 0.15) is 0 Å². The second-order valence-corrected chi connectivity index (χ2v) is 6.08. The molecule has 128 valence electrons. The van der Waals surface area contributed by atoms with Gasteiger partial charge in [-0.15, -0.1) is 0 Å². The van der Waals surface area contributed by atoms with Crippen molar-refractivity contribution in [2.45, 2.75) is 0 Å². The molecule has 0 aliphatic heterocycles. The van der Waals surface area contributed by atoms with Gasteiger partial charge in [0, 0.05) is 55.4 Å². The summed E-state index contributed by atoms with van der Waals surface area (Å²) in [5, 5.41) is 7.86. The van der Waals surface area contributed by atoms with Crippen LogP contribution >= 0.6 is 0 Å². The first-order valence-electron chi connectivity index (χ1n) is 8.05. The molecule has 4 aromatic heterocycles. The van der Waals surface area contributed by atoms with Gasteiger partial charge in [0.25, 0.3) is 5.91 Å². The third-order valence-electron chi connectivity index (χ3n) is 4.12. The molecule has 0 spiro atoms. The average Bonchev–Trinajstić information content (AvgIpc) is 3.16. The molecule has 7 nitrogen and oxygen atoms in total. The monoisotopic (exact) mass is 344 g/mol. The first-order chi connectivity index (χ1) is 12.6. The van der Waals surface area contributed by atoms with Crippen LogP contribution in [0.1, 0.15) is 10.4 Å². The number of pyridine rings is 3. The lowest BCUT2D eigenvalue weighted by molar-refractivity contribution is 0.0827. The van der Waals surface area contributed by atoms with E-state index in [0.29, 0.717) is 5.56 Å². The Morgan fingerprint density at radius 3 is 2.62 bits per heavy atom. The van der Waals surface area contributed by atoms with Crippen LogP contribution in [0.2, 0.25) is 0 Å². The van der Waals surface area contributed by atoms with Gasteiger partial charge in [-0.25, -0.2) is 4.98 Å². The molecule has 7 heteroatoms. The van der Waals surface area contributed by atoms with Crippen molar-refractivity contribution in [1.29, 1.82) is 0 Å². The number of carbonyl (C=O) groups excluding carboxylic acids is 1. The molecule has 26 heavy (non-hydrogen) atoms. The average molecular weight is 344 g/mol. The van der Waals surface area contributed by atoms with Gasteiger partial charge in [-0.2, -0.15) is 5.10 Å². The number of hydrogen-bond donors (Lipinski definition) is 1. The number of rotatable bonds is 3. The van der Waals surface area contributed by atoms with Crippen LogP contribution in [0.5, 0.6) is 0 Å². The molecule has 0 unspecified atom stereocenters. The second kappa shape index (κ2) is 6.36. The molecular weight excluding hydrogens is 328 g/mol. The van der Waals surface area contributed by atoms with Gasteiger partial charge < -0.3 is 4.90 Å². The van der Waals surface area contributed by atoms with E-state index in [1.54, 1.807) is 51.1 Å². The fraction of sp³-hybridized carbons (Fsp3) is 0.105. The van der Waals surface area contributed by atoms with Crippen molar-refractivity contribution in [1.82, 2.24) is 30.0 Å². The molecule has 4 heterocycles. The summed E-state index contributed by atoms with van der Waals surface area (Å²) in [5.41, 5.74) is 4.87. The molecular formula is C19H16N6O. The Morgan fingerprint density at radius 1 is 1.00 bits per heavy atom. The van der Waals surface area contributed by atoms with Crippen molar-refractivity contribution in [3.8, 4) is 22.4 Å². The van der Waals surface area contributed by atoms with Gasteiger partial charge in [0.05, 0.1) is 17.5 Å². The number of aromatic amines is 1. The van der Waals surface area contributed by atoms with E-state index in [2.05, 4.69) is 25.1 Å². The van der Waals surface area contributed by atoms with Crippen LogP contribution in [0, 0.1) is 0 Å². The molecule has 0 saturated carbocycles. The largest absolute Gasteiger partial charge is 0.345 e. The molecule has 0 atom stereocenters. The Balaban J connectivity index is 1.72. The van der Waals surface area contributed by atoms with E-state index in [0.717, 1.165) is 33.4 Å². The van der Waals surface area contributed by atoms with Gasteiger partial charge in [-0.05, 0) is 29.8 Å². The molecule has 0 fully saturated rings. The maximum Gasteiger partial charge on any atom is 0.254 e. The van der Waals surface area contributed by atoms with Gasteiger partial charge in [-0.3, -0.25) is 19.9 Å². The van der Waals surface area contributed by atoms with Crippen molar-refractivity contribution >= 4 is 16.9 Å². The molecule has 1 N–H and O–H groups in total. The van der Waals surface area contributed by atoms with E-state index in [9.17, 15) is 4.79 Å². The van der Waals surface area contributed by atoms with E-state index in [1.807, 2.05) is 18.2 Å². The highest BCUT2D eigenvalue weighted by Gasteiger charge is 2.11. The minimum atomic E-state index is -0.0740. The zero-order chi connectivity index (χ0) is 18.1. The first kappa shape index (κ1) is 15.9. The highest BCUT2D eigenvalue weighted by molar-refractivity contribution is 5.94. The number of nitrogens with zero attached hydrogens (tertiary/aromatic N) is 5. The molecule has 0 radical (unpaired) electrons. The highest BCUT2D eigenvalue weighted by atomic mass is 16.2. The third kappa shape index (κ3) is 2.79. The zero-order valence-corrected chi connectivity index (χ0v) is 14.3. The van der Waals surface area contributed by atoms with Gasteiger partial charge >= 0.3 is 0 Å². The van der Waals surface area contributed by atoms with Crippen LogP contribution in [0.3, 0.4) is 0 Å². The maximum atomic E-state index is 12.0. The van der Waals surface area contributed by atoms with Gasteiger partial charge in [0.2, 0.25) is 0 Å². The SMILES string of the molecule is CN(C)C(=O)c1ccc(-c2cncc(-c3ccnc4[nH]ncc34)c2)nc1. The molecule has 4 rings (SSSR count). The number of hydrogen-bond acceptors (Lipinski definition) is 5. The van der Waals surface area contributed by atoms with Gasteiger partial charge in [0.15, 0.2) is 5.65 Å². The van der Waals surface area contributed by atoms with Crippen LogP contribution in [-0.4, -0.2) is 50.1 Å². The van der Waals surface area contributed by atoms with Crippen molar-refractivity contribution in [3.05, 3.63) is 60.8 Å². The summed E-state index contributed by atoms with van der Waals surface area (Å²) in [6, 6.07) is 7.56. The van der Waals surface area contributed by atoms with Gasteiger partial charge in [-0.1, -0.05) is 0 Å². The van der Waals surface area contributed by atoms with Crippen LogP contribution in [0.25, 0.3) is 33.4 Å². The fourth-order valence-electron chi connectivity index (χ4n) is 2.78. The second-order valence-electron chi connectivity index (χ2n) is 6.08. The number of fused-ring (bicyclic) bond motifs is 1. The summed E-state index contributed by atoms with van der Waals surface area (Å²) in [6.45, 7) is 0. The Bertz CT molecular complexity index is 1080. The predicted molar refractivity (Wildman–Crippen MR) is 98.4 cm³/mol. The van der Waals surface area contributed by atoms with E-state index in [4.69, 9.17) is 0 Å². The Hall–Kier alpha value is -3.61. The van der Waals surface area contributed by atoms with Crippen molar-refractivity contribution in [2.24, 2.45) is 0 Å². The molecule has 0 aromatic carbocycles. The van der Waals surface area contributed by atoms with Crippen LogP contribution in [-0.2, 0) is 0 Å². The number of aromatic nitrogens is 5. The number of H-pyrrole nitrogens is 1. The first-order valence-corrected chi connectivity index (χ1v) is 8.05. The molecule has 1 amide bonds. The standard InChI is InChI=1S/C19H16N6O/c1-25(2)19(26)12-3-4-17(22-10-12)14-7-13(8-20-9-14)15-5-6-21-18-16(15)11-23-24-18/h3-11H,1-2H3,(H,21,23,24). The maximum absolute atomic E-state index is 12.0. The van der Waals surface area contributed by atoms with Crippen LogP contribution in [0.15, 0.2) is 55.2 Å². The molecule has 0 bridgehead atoms. The minimum Gasteiger partial charge on any atom is -0.345 e. The number of amides is 1. The Labute approximate surface area is 149 Å². The predicted octanol–water partition coefficient (Wildman–Crippen LogP) is 2.78. The fourth-order valence-corrected chi connectivity index (χ4v) is 2.78. The number of carbonyl (C=O) groups is 1. The normalized spacial score (nSPS) is 10.8. The molecule has 0 saturated heterocycles. The summed E-state index contributed by atoms with van der Waals surface area (Å²) >= 11 is 0. The zero-order valence-electron chi connectivity index (χ0n) is 14.3. The van der Waals surface area contributed by atoms with E-state index in [-0.39, 0.29) is 5.91 Å². The molecule has 4 aromatic rings. The highest BCUT2D eigenvalue weighted by Crippen LogP contribution is 2.28. The van der Waals surface area contributed by atoms with Crippen molar-refractivity contribution < 1.29 is 4.79 Å². The topological polar surface area (TPSA) is 87.7 Å². The third-order valence-corrected chi connectivity index (χ3v) is 4.12. The summed E-state index contributed by atoms with van der Waals surface area (Å²) in [5.74, 6) is -0.0740. The Morgan fingerprint density at radius 2 is 1.85 bits per heavy atom. The smallest absolute Gasteiger partial charge is 0.254 e. The Kier molecular flexibility index (Phi) is 3.89. The molecule has 0 aliphatic carbocycles. The summed E-state index contributed by atoms with van der Waals surface area (Å²) in [6.07, 6.45) is 8.64. The van der Waals surface area contributed by atoms with E-state index in [1.165, 1.54) is 4.90 Å². The van der Waals surface area contributed by atoms with Crippen molar-refractivity contribution in [3.63, 3.8) is 0 Å². The lowest BCUT2D eigenvalue weighted by Gasteiger charge is -2.10. The van der Waals surface area contributed by atoms with Crippen molar-refractivity contribution in [2.75, 3.05) is 14.1 Å². The lowest BCUT2D eigenvalue weighted by atomic mass is 10.0. The lowest BCUT2D eigenvalue weighted by Crippen LogP contribution is -2.21. The number of nitrogens with one attached hydrogen (secondary N) is 1. The van der Waals surface area contributed by atoms with Crippen LogP contribution < -0.4 is 0 Å². The van der Waals surface area contributed by atoms with E-state index < -0.39 is 0 Å². The molecule has 0 aliphatic rings. The van der Waals surface area contributed by atoms with Crippen LogP contribution in [0.4, 0.5) is 0 Å². The summed E-state index contributed by atoms with van der Waals surface area (Å²) in [4.78, 5) is 26.5. The minimum absolute atomic E-state index is 0.0740.